The zero-order valence-corrected chi connectivity index (χ0v) is 6.79. The third-order valence-corrected chi connectivity index (χ3v) is 1.63. The second-order valence-electron chi connectivity index (χ2n) is 2.52. The highest BCUT2D eigenvalue weighted by molar-refractivity contribution is 5.73. The minimum atomic E-state index is 0.729. The Kier molecular flexibility index (Phi) is 1.88. The van der Waals surface area contributed by atoms with Gasteiger partial charge >= 0.3 is 0 Å². The normalized spacial score (nSPS) is 11.1. The first-order valence-corrected chi connectivity index (χ1v) is 3.81. The van der Waals surface area contributed by atoms with Crippen LogP contribution in [0.15, 0.2) is 30.7 Å². The molecule has 0 aliphatic carbocycles. The van der Waals surface area contributed by atoms with E-state index in [-0.39, 0.29) is 0 Å². The van der Waals surface area contributed by atoms with E-state index in [0.717, 1.165) is 17.5 Å². The van der Waals surface area contributed by atoms with Gasteiger partial charge in [0.25, 0.3) is 0 Å². The zero-order valence-electron chi connectivity index (χ0n) is 6.79. The molecule has 0 amide bonds. The minimum Gasteiger partial charge on any atom is -0.299 e. The Balaban J connectivity index is 2.47. The van der Waals surface area contributed by atoms with Gasteiger partial charge in [0.05, 0.1) is 6.20 Å². The fourth-order valence-electron chi connectivity index (χ4n) is 1.06. The van der Waals surface area contributed by atoms with Crippen molar-refractivity contribution in [3.05, 3.63) is 36.3 Å². The fraction of sp³-hybridized carbons (Fsp3) is 0. The van der Waals surface area contributed by atoms with E-state index in [1.165, 1.54) is 6.08 Å². The van der Waals surface area contributed by atoms with Crippen molar-refractivity contribution in [1.82, 2.24) is 14.6 Å². The predicted molar refractivity (Wildman–Crippen MR) is 48.1 cm³/mol. The van der Waals surface area contributed by atoms with Gasteiger partial charge in [0.15, 0.2) is 5.65 Å². The van der Waals surface area contributed by atoms with Crippen LogP contribution in [-0.4, -0.2) is 20.9 Å². The second-order valence-corrected chi connectivity index (χ2v) is 2.52. The summed E-state index contributed by atoms with van der Waals surface area (Å²) in [6.45, 7) is 0. The number of carbonyl (C=O) groups excluding carboxylic acids is 1. The number of aromatic nitrogens is 3. The molecule has 2 aromatic rings. The molecule has 0 N–H and O–H groups in total. The van der Waals surface area contributed by atoms with Gasteiger partial charge < -0.3 is 0 Å². The molecule has 0 aliphatic heterocycles. The summed E-state index contributed by atoms with van der Waals surface area (Å²) in [6.07, 6.45) is 9.01. The Labute approximate surface area is 74.5 Å². The van der Waals surface area contributed by atoms with Gasteiger partial charge in [-0.3, -0.25) is 4.79 Å². The molecule has 2 rings (SSSR count). The third kappa shape index (κ3) is 1.46. The molecule has 4 heteroatoms. The predicted octanol–water partition coefficient (Wildman–Crippen LogP) is 0.941. The van der Waals surface area contributed by atoms with Crippen LogP contribution in [0.5, 0.6) is 0 Å². The molecule has 13 heavy (non-hydrogen) atoms. The maximum absolute atomic E-state index is 10.1. The highest BCUT2D eigenvalue weighted by atomic mass is 16.1. The molecule has 0 saturated carbocycles. The smallest absolute Gasteiger partial charge is 0.154 e. The van der Waals surface area contributed by atoms with Crippen LogP contribution in [-0.2, 0) is 4.79 Å². The van der Waals surface area contributed by atoms with Crippen LogP contribution in [0.2, 0.25) is 0 Å². The SMILES string of the molecule is O=C/C=C/c1cnc2ccnn2c1. The number of nitrogens with zero attached hydrogens (tertiary/aromatic N) is 3. The van der Waals surface area contributed by atoms with Gasteiger partial charge in [0.2, 0.25) is 0 Å². The number of carbonyl (C=O) groups is 1. The third-order valence-electron chi connectivity index (χ3n) is 1.63. The van der Waals surface area contributed by atoms with E-state index >= 15 is 0 Å². The quantitative estimate of drug-likeness (QED) is 0.501. The van der Waals surface area contributed by atoms with Crippen LogP contribution in [0.3, 0.4) is 0 Å². The maximum atomic E-state index is 10.1. The average Bonchev–Trinajstić information content (AvgIpc) is 2.61. The molecule has 0 saturated heterocycles. The number of hydrogen-bond donors (Lipinski definition) is 0. The minimum absolute atomic E-state index is 0.729. The molecule has 0 unspecified atom stereocenters. The van der Waals surface area contributed by atoms with Gasteiger partial charge in [0.1, 0.15) is 6.29 Å². The Morgan fingerprint density at radius 1 is 1.46 bits per heavy atom. The van der Waals surface area contributed by atoms with E-state index in [2.05, 4.69) is 10.1 Å². The Hall–Kier alpha value is -1.97. The van der Waals surface area contributed by atoms with E-state index in [1.54, 1.807) is 23.0 Å². The van der Waals surface area contributed by atoms with Crippen LogP contribution < -0.4 is 0 Å². The lowest BCUT2D eigenvalue weighted by molar-refractivity contribution is -0.104. The van der Waals surface area contributed by atoms with Gasteiger partial charge in [0, 0.05) is 24.0 Å². The summed E-state index contributed by atoms with van der Waals surface area (Å²) in [7, 11) is 0. The summed E-state index contributed by atoms with van der Waals surface area (Å²) in [5, 5.41) is 4.02. The Bertz CT molecular complexity index is 459. The molecule has 0 atom stereocenters. The van der Waals surface area contributed by atoms with Crippen LogP contribution in [0.1, 0.15) is 5.56 Å². The summed E-state index contributed by atoms with van der Waals surface area (Å²) in [4.78, 5) is 14.2. The van der Waals surface area contributed by atoms with Crippen molar-refractivity contribution in [2.45, 2.75) is 0 Å². The van der Waals surface area contributed by atoms with Gasteiger partial charge in [-0.15, -0.1) is 0 Å². The van der Waals surface area contributed by atoms with E-state index in [0.29, 0.717) is 0 Å². The summed E-state index contributed by atoms with van der Waals surface area (Å²) < 4.78 is 1.66. The maximum Gasteiger partial charge on any atom is 0.154 e. The first kappa shape index (κ1) is 7.67. The second kappa shape index (κ2) is 3.18. The van der Waals surface area contributed by atoms with Crippen molar-refractivity contribution in [2.24, 2.45) is 0 Å². The molecular weight excluding hydrogens is 166 g/mol. The van der Waals surface area contributed by atoms with Crippen molar-refractivity contribution in [3.63, 3.8) is 0 Å². The van der Waals surface area contributed by atoms with Crippen LogP contribution in [0.25, 0.3) is 11.7 Å². The van der Waals surface area contributed by atoms with Gasteiger partial charge in [-0.25, -0.2) is 9.50 Å². The highest BCUT2D eigenvalue weighted by Crippen LogP contribution is 2.02. The molecule has 0 bridgehead atoms. The monoisotopic (exact) mass is 173 g/mol. The lowest BCUT2D eigenvalue weighted by Gasteiger charge is -1.93. The molecule has 0 aromatic carbocycles. The van der Waals surface area contributed by atoms with E-state index in [4.69, 9.17) is 0 Å². The van der Waals surface area contributed by atoms with E-state index in [1.807, 2.05) is 12.3 Å². The molecule has 4 nitrogen and oxygen atoms in total. The number of aldehydes is 1. The van der Waals surface area contributed by atoms with Crippen molar-refractivity contribution >= 4 is 18.0 Å². The van der Waals surface area contributed by atoms with Crippen molar-refractivity contribution in [1.29, 1.82) is 0 Å². The molecule has 0 aliphatic rings. The molecule has 0 radical (unpaired) electrons. The fourth-order valence-corrected chi connectivity index (χ4v) is 1.06. The topological polar surface area (TPSA) is 47.3 Å². The number of allylic oxidation sites excluding steroid dienone is 1. The Morgan fingerprint density at radius 3 is 3.23 bits per heavy atom. The standard InChI is InChI=1S/C9H7N3O/c13-5-1-2-8-6-10-9-3-4-11-12(9)7-8/h1-7H/b2-1+. The summed E-state index contributed by atoms with van der Waals surface area (Å²) in [5.74, 6) is 0. The molecular formula is C9H7N3O. The molecule has 64 valence electrons. The summed E-state index contributed by atoms with van der Waals surface area (Å²) >= 11 is 0. The zero-order chi connectivity index (χ0) is 9.10. The van der Waals surface area contributed by atoms with Gasteiger partial charge in [-0.1, -0.05) is 0 Å². The van der Waals surface area contributed by atoms with Gasteiger partial charge in [-0.2, -0.15) is 5.10 Å². The van der Waals surface area contributed by atoms with E-state index < -0.39 is 0 Å². The van der Waals surface area contributed by atoms with Crippen LogP contribution >= 0.6 is 0 Å². The largest absolute Gasteiger partial charge is 0.299 e. The number of fused-ring (bicyclic) bond motifs is 1. The first-order chi connectivity index (χ1) is 6.40. The Morgan fingerprint density at radius 2 is 2.38 bits per heavy atom. The molecule has 2 heterocycles. The lowest BCUT2D eigenvalue weighted by atomic mass is 10.3. The highest BCUT2D eigenvalue weighted by Gasteiger charge is 1.93. The van der Waals surface area contributed by atoms with E-state index in [9.17, 15) is 4.79 Å². The van der Waals surface area contributed by atoms with Crippen LogP contribution in [0, 0.1) is 0 Å². The molecule has 2 aromatic heterocycles. The average molecular weight is 173 g/mol. The molecule has 0 spiro atoms. The van der Waals surface area contributed by atoms with Crippen LogP contribution in [0.4, 0.5) is 0 Å². The lowest BCUT2D eigenvalue weighted by Crippen LogP contribution is -1.90. The summed E-state index contributed by atoms with van der Waals surface area (Å²) in [6, 6.07) is 1.81. The van der Waals surface area contributed by atoms with Gasteiger partial charge in [-0.05, 0) is 12.2 Å². The summed E-state index contributed by atoms with van der Waals surface area (Å²) in [5.41, 5.74) is 1.64. The number of hydrogen-bond acceptors (Lipinski definition) is 3. The molecule has 0 fully saturated rings. The number of rotatable bonds is 2. The first-order valence-electron chi connectivity index (χ1n) is 3.81. The van der Waals surface area contributed by atoms with Crippen molar-refractivity contribution in [3.8, 4) is 0 Å². The van der Waals surface area contributed by atoms with Crippen molar-refractivity contribution < 1.29 is 4.79 Å². The van der Waals surface area contributed by atoms with Crippen molar-refractivity contribution in [2.75, 3.05) is 0 Å².